The van der Waals surface area contributed by atoms with Gasteiger partial charge in [0.15, 0.2) is 0 Å². The molecule has 0 aliphatic rings. The number of aryl methyl sites for hydroxylation is 1. The van der Waals surface area contributed by atoms with Crippen LogP contribution >= 0.6 is 0 Å². The number of amides is 1. The first-order valence-corrected chi connectivity index (χ1v) is 6.00. The predicted octanol–water partition coefficient (Wildman–Crippen LogP) is 2.00. The Hall–Kier alpha value is -1.49. The first kappa shape index (κ1) is 14.6. The minimum absolute atomic E-state index is 0.121. The van der Waals surface area contributed by atoms with Crippen molar-refractivity contribution in [2.75, 3.05) is 19.6 Å². The molecule has 0 fully saturated rings. The molecule has 0 heterocycles. The van der Waals surface area contributed by atoms with E-state index in [0.717, 1.165) is 19.0 Å². The van der Waals surface area contributed by atoms with Gasteiger partial charge in [-0.1, -0.05) is 6.92 Å². The zero-order valence-corrected chi connectivity index (χ0v) is 10.6. The summed E-state index contributed by atoms with van der Waals surface area (Å²) in [5, 5.41) is 5.69. The van der Waals surface area contributed by atoms with Gasteiger partial charge in [0.1, 0.15) is 11.6 Å². The van der Waals surface area contributed by atoms with Crippen LogP contribution in [0.15, 0.2) is 12.1 Å². The van der Waals surface area contributed by atoms with E-state index in [0.29, 0.717) is 13.1 Å². The van der Waals surface area contributed by atoms with E-state index in [1.54, 1.807) is 0 Å². The highest BCUT2D eigenvalue weighted by atomic mass is 19.1. The highest BCUT2D eigenvalue weighted by molar-refractivity contribution is 5.94. The van der Waals surface area contributed by atoms with E-state index in [4.69, 9.17) is 0 Å². The van der Waals surface area contributed by atoms with Crippen LogP contribution in [0.25, 0.3) is 0 Å². The number of nitrogens with one attached hydrogen (secondary N) is 2. The Kier molecular flexibility index (Phi) is 5.71. The molecule has 0 atom stereocenters. The third-order valence-electron chi connectivity index (χ3n) is 2.51. The molecule has 1 aromatic rings. The molecule has 5 heteroatoms. The predicted molar refractivity (Wildman–Crippen MR) is 66.6 cm³/mol. The standard InChI is InChI=1S/C13H18F2N2O/c1-3-4-16-5-6-17-13(18)10-7-9(2)11(14)8-12(10)15/h7-8,16H,3-6H2,1-2H3,(H,17,18). The van der Waals surface area contributed by atoms with Crippen molar-refractivity contribution < 1.29 is 13.6 Å². The van der Waals surface area contributed by atoms with Gasteiger partial charge in [-0.3, -0.25) is 4.79 Å². The third kappa shape index (κ3) is 4.07. The van der Waals surface area contributed by atoms with E-state index in [2.05, 4.69) is 10.6 Å². The Balaban J connectivity index is 2.54. The van der Waals surface area contributed by atoms with E-state index in [1.165, 1.54) is 13.0 Å². The van der Waals surface area contributed by atoms with E-state index in [1.807, 2.05) is 6.92 Å². The van der Waals surface area contributed by atoms with Crippen molar-refractivity contribution in [3.05, 3.63) is 34.9 Å². The van der Waals surface area contributed by atoms with Crippen LogP contribution in [0.2, 0.25) is 0 Å². The molecule has 0 aliphatic carbocycles. The Morgan fingerprint density at radius 2 is 1.89 bits per heavy atom. The van der Waals surface area contributed by atoms with Crippen molar-refractivity contribution in [3.63, 3.8) is 0 Å². The lowest BCUT2D eigenvalue weighted by atomic mass is 10.1. The summed E-state index contributed by atoms with van der Waals surface area (Å²) in [6.07, 6.45) is 1.01. The molecule has 0 aromatic heterocycles. The van der Waals surface area contributed by atoms with Gasteiger partial charge in [-0.15, -0.1) is 0 Å². The molecule has 1 amide bonds. The molecule has 0 radical (unpaired) electrons. The third-order valence-corrected chi connectivity index (χ3v) is 2.51. The first-order valence-electron chi connectivity index (χ1n) is 6.00. The smallest absolute Gasteiger partial charge is 0.254 e. The van der Waals surface area contributed by atoms with Crippen molar-refractivity contribution in [1.82, 2.24) is 10.6 Å². The monoisotopic (exact) mass is 256 g/mol. The summed E-state index contributed by atoms with van der Waals surface area (Å²) in [6.45, 7) is 5.45. The molecule has 0 bridgehead atoms. The number of hydrogen-bond acceptors (Lipinski definition) is 2. The molecule has 0 saturated carbocycles. The molecule has 1 aromatic carbocycles. The average Bonchev–Trinajstić information content (AvgIpc) is 2.33. The highest BCUT2D eigenvalue weighted by Gasteiger charge is 2.13. The molecule has 2 N–H and O–H groups in total. The largest absolute Gasteiger partial charge is 0.351 e. The number of halogens is 2. The quantitative estimate of drug-likeness (QED) is 0.764. The Labute approximate surface area is 106 Å². The van der Waals surface area contributed by atoms with Crippen molar-refractivity contribution >= 4 is 5.91 Å². The molecular formula is C13H18F2N2O. The van der Waals surface area contributed by atoms with Gasteiger partial charge in [0.05, 0.1) is 5.56 Å². The van der Waals surface area contributed by atoms with Crippen molar-refractivity contribution in [1.29, 1.82) is 0 Å². The van der Waals surface area contributed by atoms with Gasteiger partial charge >= 0.3 is 0 Å². The lowest BCUT2D eigenvalue weighted by Gasteiger charge is -2.08. The van der Waals surface area contributed by atoms with Crippen LogP contribution in [-0.4, -0.2) is 25.5 Å². The van der Waals surface area contributed by atoms with Crippen LogP contribution in [0.5, 0.6) is 0 Å². The molecular weight excluding hydrogens is 238 g/mol. The lowest BCUT2D eigenvalue weighted by molar-refractivity contribution is 0.0949. The van der Waals surface area contributed by atoms with Gasteiger partial charge in [0.25, 0.3) is 5.91 Å². The van der Waals surface area contributed by atoms with Gasteiger partial charge in [0.2, 0.25) is 0 Å². The topological polar surface area (TPSA) is 41.1 Å². The molecule has 1 rings (SSSR count). The van der Waals surface area contributed by atoms with Crippen LogP contribution in [0.1, 0.15) is 29.3 Å². The Bertz CT molecular complexity index is 422. The summed E-state index contributed by atoms with van der Waals surface area (Å²) in [6, 6.07) is 1.96. The molecule has 3 nitrogen and oxygen atoms in total. The highest BCUT2D eigenvalue weighted by Crippen LogP contribution is 2.13. The maximum absolute atomic E-state index is 13.4. The number of carbonyl (C=O) groups excluding carboxylic acids is 1. The summed E-state index contributed by atoms with van der Waals surface area (Å²) in [5.74, 6) is -2.00. The van der Waals surface area contributed by atoms with E-state index in [9.17, 15) is 13.6 Å². The van der Waals surface area contributed by atoms with Crippen LogP contribution in [0.3, 0.4) is 0 Å². The molecule has 0 saturated heterocycles. The molecule has 18 heavy (non-hydrogen) atoms. The molecule has 0 spiro atoms. The minimum Gasteiger partial charge on any atom is -0.351 e. The van der Waals surface area contributed by atoms with Crippen LogP contribution < -0.4 is 10.6 Å². The molecule has 0 aliphatic heterocycles. The fraction of sp³-hybridized carbons (Fsp3) is 0.462. The Morgan fingerprint density at radius 3 is 2.56 bits per heavy atom. The average molecular weight is 256 g/mol. The summed E-state index contributed by atoms with van der Waals surface area (Å²) >= 11 is 0. The van der Waals surface area contributed by atoms with Crippen LogP contribution in [0, 0.1) is 18.6 Å². The SMILES string of the molecule is CCCNCCNC(=O)c1cc(C)c(F)cc1F. The summed E-state index contributed by atoms with van der Waals surface area (Å²) < 4.78 is 26.4. The van der Waals surface area contributed by atoms with Gasteiger partial charge in [-0.2, -0.15) is 0 Å². The van der Waals surface area contributed by atoms with Crippen LogP contribution in [0.4, 0.5) is 8.78 Å². The van der Waals surface area contributed by atoms with Gasteiger partial charge < -0.3 is 10.6 Å². The van der Waals surface area contributed by atoms with E-state index >= 15 is 0 Å². The minimum atomic E-state index is -0.836. The number of hydrogen-bond donors (Lipinski definition) is 2. The molecule has 0 unspecified atom stereocenters. The maximum atomic E-state index is 13.4. The second kappa shape index (κ2) is 7.06. The summed E-state index contributed by atoms with van der Waals surface area (Å²) in [7, 11) is 0. The maximum Gasteiger partial charge on any atom is 0.254 e. The van der Waals surface area contributed by atoms with Crippen molar-refractivity contribution in [2.45, 2.75) is 20.3 Å². The van der Waals surface area contributed by atoms with Gasteiger partial charge in [0, 0.05) is 19.2 Å². The second-order valence-electron chi connectivity index (χ2n) is 4.09. The second-order valence-corrected chi connectivity index (χ2v) is 4.09. The normalized spacial score (nSPS) is 10.4. The number of benzene rings is 1. The number of carbonyl (C=O) groups is 1. The number of rotatable bonds is 6. The summed E-state index contributed by atoms with van der Waals surface area (Å²) in [4.78, 5) is 11.7. The first-order chi connectivity index (χ1) is 8.56. The zero-order valence-electron chi connectivity index (χ0n) is 10.6. The van der Waals surface area contributed by atoms with Gasteiger partial charge in [-0.05, 0) is 31.5 Å². The fourth-order valence-corrected chi connectivity index (χ4v) is 1.49. The lowest BCUT2D eigenvalue weighted by Crippen LogP contribution is -2.32. The zero-order chi connectivity index (χ0) is 13.5. The van der Waals surface area contributed by atoms with Gasteiger partial charge in [-0.25, -0.2) is 8.78 Å². The Morgan fingerprint density at radius 1 is 1.17 bits per heavy atom. The van der Waals surface area contributed by atoms with E-state index in [-0.39, 0.29) is 11.1 Å². The molecule has 100 valence electrons. The van der Waals surface area contributed by atoms with E-state index < -0.39 is 17.5 Å². The fourth-order valence-electron chi connectivity index (χ4n) is 1.49. The van der Waals surface area contributed by atoms with Crippen molar-refractivity contribution in [2.24, 2.45) is 0 Å². The van der Waals surface area contributed by atoms with Crippen LogP contribution in [-0.2, 0) is 0 Å². The van der Waals surface area contributed by atoms with Crippen molar-refractivity contribution in [3.8, 4) is 0 Å². The summed E-state index contributed by atoms with van der Waals surface area (Å²) in [5.41, 5.74) is 0.134.